The van der Waals surface area contributed by atoms with Gasteiger partial charge in [0, 0.05) is 75.0 Å². The minimum absolute atomic E-state index is 0.0123. The molecule has 2 aliphatic heterocycles. The molecule has 15 heteroatoms. The Morgan fingerprint density at radius 3 is 2.24 bits per heavy atom. The number of benzene rings is 3. The van der Waals surface area contributed by atoms with Gasteiger partial charge in [0.15, 0.2) is 5.82 Å². The molecular formula is C51H64N8O7. The SMILES string of the molecule is CCCCCNc1nc(N)nc2ccn(Cc3ccc(COCCOCCOCCOCCN4CCN(C(=O)CCC(=O)N5Cc6ccccc6C#Cc6ccccc65)CC4)cc3OC)c12. The van der Waals surface area contributed by atoms with Crippen LogP contribution in [0.4, 0.5) is 17.5 Å². The van der Waals surface area contributed by atoms with E-state index in [0.29, 0.717) is 79.0 Å². The Labute approximate surface area is 388 Å². The van der Waals surface area contributed by atoms with Crippen LogP contribution in [0.15, 0.2) is 79.0 Å². The Kier molecular flexibility index (Phi) is 18.2. The van der Waals surface area contributed by atoms with Crippen LogP contribution < -0.4 is 20.7 Å². The molecule has 0 radical (unpaired) electrons. The summed E-state index contributed by atoms with van der Waals surface area (Å²) in [5.74, 6) is 8.20. The summed E-state index contributed by atoms with van der Waals surface area (Å²) in [5, 5.41) is 3.46. The fourth-order valence-electron chi connectivity index (χ4n) is 8.13. The summed E-state index contributed by atoms with van der Waals surface area (Å²) < 4.78 is 31.0. The zero-order valence-corrected chi connectivity index (χ0v) is 38.5. The summed E-state index contributed by atoms with van der Waals surface area (Å²) in [6.45, 7) is 11.5. The van der Waals surface area contributed by atoms with Crippen LogP contribution >= 0.6 is 0 Å². The van der Waals surface area contributed by atoms with Crippen LogP contribution in [0.2, 0.25) is 0 Å². The third-order valence-electron chi connectivity index (χ3n) is 11.8. The van der Waals surface area contributed by atoms with Gasteiger partial charge in [-0.25, -0.2) is 4.98 Å². The molecule has 0 unspecified atom stereocenters. The summed E-state index contributed by atoms with van der Waals surface area (Å²) in [6.07, 6.45) is 5.70. The van der Waals surface area contributed by atoms with Gasteiger partial charge in [-0.3, -0.25) is 14.5 Å². The van der Waals surface area contributed by atoms with Crippen molar-refractivity contribution in [2.24, 2.45) is 0 Å². The Bertz CT molecular complexity index is 2420. The number of para-hydroxylation sites is 1. The monoisotopic (exact) mass is 900 g/mol. The van der Waals surface area contributed by atoms with Gasteiger partial charge in [0.2, 0.25) is 17.8 Å². The lowest BCUT2D eigenvalue weighted by molar-refractivity contribution is -0.134. The fraction of sp³-hybridized carbons (Fsp3) is 0.451. The van der Waals surface area contributed by atoms with E-state index in [1.807, 2.05) is 71.8 Å². The largest absolute Gasteiger partial charge is 0.496 e. The number of carbonyl (C=O) groups excluding carboxylic acids is 2. The number of nitrogen functional groups attached to an aromatic ring is 1. The van der Waals surface area contributed by atoms with E-state index in [1.54, 1.807) is 12.0 Å². The zero-order valence-electron chi connectivity index (χ0n) is 38.5. The van der Waals surface area contributed by atoms with Crippen molar-refractivity contribution in [2.45, 2.75) is 58.7 Å². The molecule has 2 aromatic heterocycles. The van der Waals surface area contributed by atoms with E-state index in [4.69, 9.17) is 29.4 Å². The predicted molar refractivity (Wildman–Crippen MR) is 256 cm³/mol. The lowest BCUT2D eigenvalue weighted by atomic mass is 10.0. The average molecular weight is 901 g/mol. The molecule has 0 bridgehead atoms. The van der Waals surface area contributed by atoms with Gasteiger partial charge in [-0.1, -0.05) is 74.1 Å². The third-order valence-corrected chi connectivity index (χ3v) is 11.8. The summed E-state index contributed by atoms with van der Waals surface area (Å²) >= 11 is 0. The van der Waals surface area contributed by atoms with Gasteiger partial charge in [-0.2, -0.15) is 4.98 Å². The van der Waals surface area contributed by atoms with E-state index in [1.165, 1.54) is 0 Å². The van der Waals surface area contributed by atoms with Crippen molar-refractivity contribution in [3.05, 3.63) is 107 Å². The molecule has 3 aromatic carbocycles. The van der Waals surface area contributed by atoms with Crippen LogP contribution in [-0.2, 0) is 48.2 Å². The van der Waals surface area contributed by atoms with Crippen molar-refractivity contribution in [2.75, 3.05) is 109 Å². The number of fused-ring (bicyclic) bond motifs is 3. The molecule has 1 saturated heterocycles. The van der Waals surface area contributed by atoms with E-state index in [9.17, 15) is 9.59 Å². The van der Waals surface area contributed by atoms with Crippen molar-refractivity contribution in [3.63, 3.8) is 0 Å². The molecule has 3 N–H and O–H groups in total. The molecule has 0 atom stereocenters. The van der Waals surface area contributed by atoms with Gasteiger partial charge in [-0.15, -0.1) is 0 Å². The Balaban J connectivity index is 0.707. The molecule has 66 heavy (non-hydrogen) atoms. The first kappa shape index (κ1) is 47.9. The van der Waals surface area contributed by atoms with E-state index in [-0.39, 0.29) is 30.6 Å². The number of piperazine rings is 1. The number of unbranched alkanes of at least 4 members (excludes halogenated alkanes) is 2. The number of rotatable bonds is 25. The summed E-state index contributed by atoms with van der Waals surface area (Å²) in [7, 11) is 1.68. The predicted octanol–water partition coefficient (Wildman–Crippen LogP) is 6.11. The highest BCUT2D eigenvalue weighted by Crippen LogP contribution is 2.29. The van der Waals surface area contributed by atoms with E-state index >= 15 is 0 Å². The second-order valence-corrected chi connectivity index (χ2v) is 16.4. The van der Waals surface area contributed by atoms with Crippen molar-refractivity contribution < 1.29 is 33.3 Å². The third kappa shape index (κ3) is 13.5. The van der Waals surface area contributed by atoms with Crippen molar-refractivity contribution >= 4 is 40.3 Å². The second-order valence-electron chi connectivity index (χ2n) is 16.4. The van der Waals surface area contributed by atoms with Gasteiger partial charge in [-0.05, 0) is 47.9 Å². The molecule has 2 aliphatic rings. The maximum Gasteiger partial charge on any atom is 0.227 e. The minimum atomic E-state index is -0.0779. The van der Waals surface area contributed by atoms with Gasteiger partial charge < -0.3 is 49.1 Å². The highest BCUT2D eigenvalue weighted by molar-refractivity contribution is 5.97. The lowest BCUT2D eigenvalue weighted by Crippen LogP contribution is -2.49. The van der Waals surface area contributed by atoms with Crippen LogP contribution in [0.3, 0.4) is 0 Å². The number of ether oxygens (including phenoxy) is 5. The zero-order chi connectivity index (χ0) is 45.9. The molecule has 15 nitrogen and oxygen atoms in total. The number of hydrogen-bond acceptors (Lipinski definition) is 12. The van der Waals surface area contributed by atoms with Crippen molar-refractivity contribution in [1.82, 2.24) is 24.3 Å². The maximum atomic E-state index is 13.6. The number of methoxy groups -OCH3 is 1. The summed E-state index contributed by atoms with van der Waals surface area (Å²) in [4.78, 5) is 41.6. The fourth-order valence-corrected chi connectivity index (χ4v) is 8.13. The maximum absolute atomic E-state index is 13.6. The highest BCUT2D eigenvalue weighted by atomic mass is 16.6. The van der Waals surface area contributed by atoms with E-state index < -0.39 is 0 Å². The molecule has 4 heterocycles. The number of nitrogens with one attached hydrogen (secondary N) is 1. The molecule has 0 aliphatic carbocycles. The number of nitrogens with two attached hydrogens (primary N) is 1. The first-order valence-electron chi connectivity index (χ1n) is 23.2. The van der Waals surface area contributed by atoms with E-state index in [2.05, 4.69) is 55.6 Å². The van der Waals surface area contributed by atoms with Crippen LogP contribution in [0, 0.1) is 11.8 Å². The number of hydrogen-bond donors (Lipinski definition) is 2. The molecular weight excluding hydrogens is 837 g/mol. The molecule has 0 saturated carbocycles. The van der Waals surface area contributed by atoms with Crippen LogP contribution in [0.1, 0.15) is 66.8 Å². The van der Waals surface area contributed by atoms with Gasteiger partial charge in [0.05, 0.1) is 84.3 Å². The van der Waals surface area contributed by atoms with Crippen molar-refractivity contribution in [3.8, 4) is 17.6 Å². The number of aromatic nitrogens is 3. The standard InChI is InChI=1S/C51H64N8O7/c1-3-4-9-21-53-50-49-44(54-51(52)55-50)20-22-58(49)36-43-15-14-39(35-46(43)62-2)38-66-34-33-65-32-31-64-30-29-63-28-27-56-23-25-57(26-24-56)47(60)18-19-48(61)59-37-42-12-6-5-10-40(42)16-17-41-11-7-8-13-45(41)59/h5-8,10-15,20,22,35H,3-4,9,18-19,21,23-34,36-38H2,1-2H3,(H3,52,53,54,55). The number of nitrogens with zero attached hydrogens (tertiary/aromatic N) is 6. The molecule has 350 valence electrons. The Morgan fingerprint density at radius 1 is 0.773 bits per heavy atom. The van der Waals surface area contributed by atoms with Crippen LogP contribution in [0.25, 0.3) is 11.0 Å². The highest BCUT2D eigenvalue weighted by Gasteiger charge is 2.25. The molecule has 1 fully saturated rings. The molecule has 5 aromatic rings. The van der Waals surface area contributed by atoms with Gasteiger partial charge in [0.1, 0.15) is 11.3 Å². The molecule has 0 spiro atoms. The number of anilines is 3. The molecule has 7 rings (SSSR count). The number of amides is 2. The normalized spacial score (nSPS) is 13.7. The Morgan fingerprint density at radius 2 is 1.47 bits per heavy atom. The average Bonchev–Trinajstić information content (AvgIpc) is 3.74. The lowest BCUT2D eigenvalue weighted by Gasteiger charge is -2.34. The smallest absolute Gasteiger partial charge is 0.227 e. The van der Waals surface area contributed by atoms with E-state index in [0.717, 1.165) is 102 Å². The Hall–Kier alpha value is -6.02. The summed E-state index contributed by atoms with van der Waals surface area (Å²) in [5.41, 5.74) is 13.3. The van der Waals surface area contributed by atoms with Crippen molar-refractivity contribution in [1.29, 1.82) is 0 Å². The topological polar surface area (TPSA) is 159 Å². The molecule has 2 amide bonds. The van der Waals surface area contributed by atoms with Crippen LogP contribution in [-0.4, -0.2) is 129 Å². The second kappa shape index (κ2) is 25.0. The van der Waals surface area contributed by atoms with Crippen LogP contribution in [0.5, 0.6) is 5.75 Å². The quantitative estimate of drug-likeness (QED) is 0.0513. The minimum Gasteiger partial charge on any atom is -0.496 e. The number of carbonyl (C=O) groups is 2. The first-order chi connectivity index (χ1) is 32.4. The van der Waals surface area contributed by atoms with Gasteiger partial charge >= 0.3 is 0 Å². The van der Waals surface area contributed by atoms with Gasteiger partial charge in [0.25, 0.3) is 0 Å². The summed E-state index contributed by atoms with van der Waals surface area (Å²) in [6, 6.07) is 23.7. The first-order valence-corrected chi connectivity index (χ1v) is 23.2.